The fraction of sp³-hybridized carbons (Fsp3) is 0.167. The van der Waals surface area contributed by atoms with Crippen LogP contribution in [0.2, 0.25) is 3.67 Å². The maximum atomic E-state index is 2.19. The van der Waals surface area contributed by atoms with Crippen molar-refractivity contribution in [3.8, 4) is 0 Å². The summed E-state index contributed by atoms with van der Waals surface area (Å²) in [5, 5.41) is 2.62. The molecule has 0 aliphatic heterocycles. The summed E-state index contributed by atoms with van der Waals surface area (Å²) in [6, 6.07) is 16.7. The molecular weight excluding hydrogens is 167 g/mol. The summed E-state index contributed by atoms with van der Waals surface area (Å²) in [6.07, 6.45) is 0. The molecule has 2 rings (SSSR count). The Hall–Kier alpha value is -0.300. The molecule has 0 saturated carbocycles. The summed E-state index contributed by atoms with van der Waals surface area (Å²) < 4.78 is 1.39. The Morgan fingerprint density at radius 1 is 0.846 bits per heavy atom. The van der Waals surface area contributed by atoms with Crippen molar-refractivity contribution < 1.29 is 0 Å². The van der Waals surface area contributed by atoms with Crippen molar-refractivity contribution in [2.75, 3.05) is 0 Å². The van der Waals surface area contributed by atoms with E-state index in [1.807, 2.05) is 0 Å². The van der Waals surface area contributed by atoms with Gasteiger partial charge in [0.2, 0.25) is 0 Å². The molecule has 0 fully saturated rings. The van der Waals surface area contributed by atoms with Crippen molar-refractivity contribution in [2.24, 2.45) is 0 Å². The van der Waals surface area contributed by atoms with Crippen molar-refractivity contribution in [1.82, 2.24) is 0 Å². The minimum Gasteiger partial charge on any atom is -0.0616 e. The third-order valence-electron chi connectivity index (χ3n) is 1.66. The zero-order valence-electron chi connectivity index (χ0n) is 8.33. The van der Waals surface area contributed by atoms with Crippen LogP contribution in [0.5, 0.6) is 0 Å². The van der Waals surface area contributed by atoms with Crippen LogP contribution in [0.25, 0.3) is 10.8 Å². The molecule has 62 valence electrons. The summed E-state index contributed by atoms with van der Waals surface area (Å²) in [6.45, 7) is 2.19. The molecule has 0 atom stereocenters. The van der Waals surface area contributed by atoms with Crippen molar-refractivity contribution in [1.29, 1.82) is 0 Å². The molecule has 0 N–H and O–H groups in total. The van der Waals surface area contributed by atoms with Crippen LogP contribution in [0.15, 0.2) is 48.5 Å². The third kappa shape index (κ3) is 3.51. The van der Waals surface area contributed by atoms with Gasteiger partial charge in [0.25, 0.3) is 0 Å². The molecule has 0 unspecified atom stereocenters. The number of rotatable bonds is 0. The van der Waals surface area contributed by atoms with Crippen molar-refractivity contribution in [3.63, 3.8) is 0 Å². The number of hydrogen-bond donors (Lipinski definition) is 0. The van der Waals surface area contributed by atoms with Gasteiger partial charge >= 0.3 is 38.5 Å². The van der Waals surface area contributed by atoms with E-state index in [0.717, 1.165) is 0 Å². The van der Waals surface area contributed by atoms with E-state index in [1.54, 1.807) is 0 Å². The Morgan fingerprint density at radius 3 is 1.31 bits per heavy atom. The molecule has 2 aromatic carbocycles. The van der Waals surface area contributed by atoms with E-state index >= 15 is 0 Å². The Morgan fingerprint density at radius 2 is 1.08 bits per heavy atom. The predicted octanol–water partition coefficient (Wildman–Crippen LogP) is 3.43. The van der Waals surface area contributed by atoms with Gasteiger partial charge in [0.1, 0.15) is 0 Å². The molecule has 0 aliphatic carbocycles. The van der Waals surface area contributed by atoms with Gasteiger partial charge in [-0.1, -0.05) is 48.5 Å². The Kier molecular flexibility index (Phi) is 5.14. The van der Waals surface area contributed by atoms with Crippen LogP contribution in [0.3, 0.4) is 0 Å². The summed E-state index contributed by atoms with van der Waals surface area (Å²) in [5.41, 5.74) is 0. The van der Waals surface area contributed by atoms with E-state index in [1.165, 1.54) is 42.4 Å². The van der Waals surface area contributed by atoms with Gasteiger partial charge in [0, 0.05) is 0 Å². The van der Waals surface area contributed by atoms with Gasteiger partial charge in [-0.05, 0) is 10.8 Å². The molecule has 0 aromatic heterocycles. The molecular formula is C12H13Na. The summed E-state index contributed by atoms with van der Waals surface area (Å²) >= 11 is 1.37. The van der Waals surface area contributed by atoms with Crippen molar-refractivity contribution in [2.45, 2.75) is 10.6 Å². The Balaban J connectivity index is 0.000000251. The van der Waals surface area contributed by atoms with Gasteiger partial charge in [-0.2, -0.15) is 0 Å². The Bertz CT molecular complexity index is 289. The molecule has 0 aliphatic rings. The first-order valence-corrected chi connectivity index (χ1v) is 6.23. The summed E-state index contributed by atoms with van der Waals surface area (Å²) in [7, 11) is 0. The fourth-order valence-corrected chi connectivity index (χ4v) is 1.13. The monoisotopic (exact) mass is 180 g/mol. The second-order valence-corrected chi connectivity index (χ2v) is 4.47. The van der Waals surface area contributed by atoms with E-state index in [-0.39, 0.29) is 0 Å². The minimum atomic E-state index is 1.31. The smallest absolute Gasteiger partial charge is 0.0184 e. The standard InChI is InChI=1S/C10H8.C2H5.Na/c1-2-6-10-8-4-3-7-9(10)5-1;1-2;/h1-8H;1H2,2H3;. The van der Waals surface area contributed by atoms with Gasteiger partial charge in [-0.25, -0.2) is 0 Å². The molecule has 0 heterocycles. The van der Waals surface area contributed by atoms with E-state index in [9.17, 15) is 0 Å². The SMILES string of the molecule is C[CH2][Na].c1ccc2ccccc2c1. The van der Waals surface area contributed by atoms with Crippen LogP contribution in [-0.2, 0) is 0 Å². The van der Waals surface area contributed by atoms with E-state index in [0.29, 0.717) is 0 Å². The van der Waals surface area contributed by atoms with Crippen LogP contribution in [0.4, 0.5) is 0 Å². The fourth-order valence-electron chi connectivity index (χ4n) is 1.13. The van der Waals surface area contributed by atoms with Gasteiger partial charge in [-0.3, -0.25) is 0 Å². The van der Waals surface area contributed by atoms with Crippen molar-refractivity contribution >= 4 is 38.7 Å². The molecule has 0 bridgehead atoms. The first-order valence-electron chi connectivity index (χ1n) is 4.82. The molecule has 13 heavy (non-hydrogen) atoms. The van der Waals surface area contributed by atoms with Gasteiger partial charge in [-0.15, -0.1) is 0 Å². The Labute approximate surface area is 97.4 Å². The zero-order chi connectivity index (χ0) is 9.52. The van der Waals surface area contributed by atoms with Crippen LogP contribution >= 0.6 is 0 Å². The summed E-state index contributed by atoms with van der Waals surface area (Å²) in [4.78, 5) is 0. The molecule has 0 spiro atoms. The largest absolute Gasteiger partial charge is 0.0616 e. The van der Waals surface area contributed by atoms with Crippen LogP contribution < -0.4 is 0 Å². The third-order valence-corrected chi connectivity index (χ3v) is 1.66. The average molecular weight is 180 g/mol. The van der Waals surface area contributed by atoms with Gasteiger partial charge in [0.05, 0.1) is 0 Å². The molecule has 0 nitrogen and oxygen atoms in total. The number of hydrogen-bond acceptors (Lipinski definition) is 0. The first kappa shape index (κ1) is 10.8. The second kappa shape index (κ2) is 6.20. The van der Waals surface area contributed by atoms with E-state index in [2.05, 4.69) is 55.5 Å². The predicted molar refractivity (Wildman–Crippen MR) is 60.2 cm³/mol. The van der Waals surface area contributed by atoms with Gasteiger partial charge in [0.15, 0.2) is 0 Å². The van der Waals surface area contributed by atoms with Crippen LogP contribution in [-0.4, -0.2) is 27.9 Å². The number of fused-ring (bicyclic) bond motifs is 1. The first-order chi connectivity index (χ1) is 6.38. The molecule has 1 heteroatoms. The van der Waals surface area contributed by atoms with Crippen molar-refractivity contribution in [3.05, 3.63) is 48.5 Å². The number of benzene rings is 2. The second-order valence-electron chi connectivity index (χ2n) is 3.05. The molecule has 0 amide bonds. The maximum absolute atomic E-state index is 2.19. The van der Waals surface area contributed by atoms with E-state index < -0.39 is 0 Å². The summed E-state index contributed by atoms with van der Waals surface area (Å²) in [5.74, 6) is 0. The average Bonchev–Trinajstić information content (AvgIpc) is 2.19. The zero-order valence-corrected chi connectivity index (χ0v) is 10.3. The van der Waals surface area contributed by atoms with Crippen LogP contribution in [0.1, 0.15) is 6.92 Å². The quantitative estimate of drug-likeness (QED) is 0.545. The topological polar surface area (TPSA) is 0 Å². The van der Waals surface area contributed by atoms with Crippen LogP contribution in [0, 0.1) is 0 Å². The minimum absolute atomic E-state index is 1.31. The molecule has 0 radical (unpaired) electrons. The van der Waals surface area contributed by atoms with Gasteiger partial charge < -0.3 is 0 Å². The molecule has 0 saturated heterocycles. The molecule has 2 aromatic rings. The maximum Gasteiger partial charge on any atom is -0.0184 e. The normalized spacial score (nSPS) is 9.15. The van der Waals surface area contributed by atoms with E-state index in [4.69, 9.17) is 0 Å².